The summed E-state index contributed by atoms with van der Waals surface area (Å²) in [7, 11) is 3.05. The van der Waals surface area contributed by atoms with Crippen molar-refractivity contribution >= 4 is 17.4 Å². The Bertz CT molecular complexity index is 770. The molecule has 0 aromatic rings. The van der Waals surface area contributed by atoms with Gasteiger partial charge in [0.1, 0.15) is 22.9 Å². The molecule has 0 fully saturated rings. The second-order valence-corrected chi connectivity index (χ2v) is 7.44. The quantitative estimate of drug-likeness (QED) is 0.277. The lowest BCUT2D eigenvalue weighted by Crippen LogP contribution is -2.36. The van der Waals surface area contributed by atoms with Gasteiger partial charge < -0.3 is 24.8 Å². The van der Waals surface area contributed by atoms with E-state index in [1.54, 1.807) is 7.11 Å². The maximum atomic E-state index is 6.31. The number of aliphatic imine (C=N–C) groups is 1. The number of amidine groups is 1. The molecule has 0 unspecified atom stereocenters. The molecule has 0 amide bonds. The second kappa shape index (κ2) is 9.55. The average molecular weight is 408 g/mol. The molecule has 0 aromatic heterocycles. The number of hydrogen-bond donors (Lipinski definition) is 1. The van der Waals surface area contributed by atoms with Gasteiger partial charge in [-0.25, -0.2) is 4.99 Å². The smallest absolute Gasteiger partial charge is 0.186 e. The molecule has 0 aliphatic carbocycles. The van der Waals surface area contributed by atoms with E-state index in [9.17, 15) is 0 Å². The summed E-state index contributed by atoms with van der Waals surface area (Å²) in [6, 6.07) is 0. The van der Waals surface area contributed by atoms with Crippen LogP contribution in [0.5, 0.6) is 0 Å². The first-order valence-corrected chi connectivity index (χ1v) is 9.06. The van der Waals surface area contributed by atoms with Crippen LogP contribution in [0.15, 0.2) is 76.8 Å². The van der Waals surface area contributed by atoms with Crippen LogP contribution in [-0.2, 0) is 14.2 Å². The first kappa shape index (κ1) is 23.4. The molecule has 1 aliphatic rings. The van der Waals surface area contributed by atoms with Crippen LogP contribution in [0.3, 0.4) is 0 Å². The summed E-state index contributed by atoms with van der Waals surface area (Å²) < 4.78 is 16.7. The Morgan fingerprint density at radius 3 is 2.32 bits per heavy atom. The lowest BCUT2D eigenvalue weighted by Gasteiger charge is -2.36. The van der Waals surface area contributed by atoms with Gasteiger partial charge in [-0.3, -0.25) is 0 Å². The minimum absolute atomic E-state index is 0.178. The molecule has 0 saturated carbocycles. The number of hydrogen-bond acceptors (Lipinski definition) is 5. The van der Waals surface area contributed by atoms with Gasteiger partial charge >= 0.3 is 0 Å². The summed E-state index contributed by atoms with van der Waals surface area (Å²) in [6.45, 7) is 22.0. The highest BCUT2D eigenvalue weighted by Crippen LogP contribution is 2.31. The minimum atomic E-state index is -0.394. The third-order valence-corrected chi connectivity index (χ3v) is 3.97. The number of ether oxygens (including phenoxy) is 3. The summed E-state index contributed by atoms with van der Waals surface area (Å²) in [5.41, 5.74) is 7.39. The van der Waals surface area contributed by atoms with E-state index < -0.39 is 5.60 Å². The van der Waals surface area contributed by atoms with E-state index in [1.165, 1.54) is 13.2 Å². The van der Waals surface area contributed by atoms with Gasteiger partial charge in [0.05, 0.1) is 30.5 Å². The monoisotopic (exact) mass is 407 g/mol. The van der Waals surface area contributed by atoms with Crippen molar-refractivity contribution in [2.75, 3.05) is 20.8 Å². The first-order valence-electron chi connectivity index (χ1n) is 8.68. The summed E-state index contributed by atoms with van der Waals surface area (Å²) >= 11 is 5.97. The minimum Gasteiger partial charge on any atom is -0.500 e. The molecule has 7 heteroatoms. The fourth-order valence-corrected chi connectivity index (χ4v) is 2.85. The molecule has 1 aliphatic heterocycles. The fourth-order valence-electron chi connectivity index (χ4n) is 2.68. The van der Waals surface area contributed by atoms with Gasteiger partial charge in [0.25, 0.3) is 0 Å². The van der Waals surface area contributed by atoms with E-state index in [2.05, 4.69) is 31.3 Å². The molecular weight excluding hydrogens is 378 g/mol. The van der Waals surface area contributed by atoms with Gasteiger partial charge in [0.2, 0.25) is 0 Å². The van der Waals surface area contributed by atoms with Crippen molar-refractivity contribution in [2.24, 2.45) is 10.7 Å². The third kappa shape index (κ3) is 5.70. The number of allylic oxidation sites excluding steroid dienone is 2. The predicted molar refractivity (Wildman–Crippen MR) is 115 cm³/mol. The number of halogens is 1. The molecule has 0 bridgehead atoms. The van der Waals surface area contributed by atoms with Crippen LogP contribution in [0, 0.1) is 0 Å². The van der Waals surface area contributed by atoms with Crippen LogP contribution >= 0.6 is 11.6 Å². The van der Waals surface area contributed by atoms with E-state index in [-0.39, 0.29) is 16.6 Å². The molecule has 154 valence electrons. The van der Waals surface area contributed by atoms with E-state index in [0.29, 0.717) is 41.6 Å². The Balaban J connectivity index is 3.39. The van der Waals surface area contributed by atoms with Gasteiger partial charge in [-0.15, -0.1) is 0 Å². The van der Waals surface area contributed by atoms with Gasteiger partial charge in [-0.1, -0.05) is 31.3 Å². The average Bonchev–Trinajstić information content (AvgIpc) is 2.58. The van der Waals surface area contributed by atoms with Crippen LogP contribution in [0.1, 0.15) is 27.2 Å². The molecule has 6 nitrogen and oxygen atoms in total. The van der Waals surface area contributed by atoms with E-state index >= 15 is 0 Å². The lowest BCUT2D eigenvalue weighted by atomic mass is 10.0. The highest BCUT2D eigenvalue weighted by atomic mass is 35.5. The fraction of sp³-hybridized carbons (Fsp3) is 0.381. The Morgan fingerprint density at radius 1 is 1.29 bits per heavy atom. The number of methoxy groups -OCH3 is 2. The molecule has 1 rings (SSSR count). The van der Waals surface area contributed by atoms with Crippen LogP contribution < -0.4 is 5.73 Å². The van der Waals surface area contributed by atoms with Gasteiger partial charge in [-0.2, -0.15) is 0 Å². The zero-order valence-electron chi connectivity index (χ0n) is 17.4. The van der Waals surface area contributed by atoms with Crippen molar-refractivity contribution in [1.82, 2.24) is 4.90 Å². The Morgan fingerprint density at radius 2 is 1.89 bits per heavy atom. The number of nitrogens with two attached hydrogens (primary N) is 1. The molecule has 0 radical (unpaired) electrons. The van der Waals surface area contributed by atoms with Crippen LogP contribution in [0.25, 0.3) is 0 Å². The number of nitrogens with zero attached hydrogens (tertiary/aromatic N) is 2. The number of rotatable bonds is 8. The molecule has 1 heterocycles. The van der Waals surface area contributed by atoms with Crippen molar-refractivity contribution in [2.45, 2.75) is 32.8 Å². The van der Waals surface area contributed by atoms with E-state index in [1.807, 2.05) is 25.7 Å². The van der Waals surface area contributed by atoms with Crippen LogP contribution in [0.2, 0.25) is 0 Å². The predicted octanol–water partition coefficient (Wildman–Crippen LogP) is 4.55. The zero-order valence-corrected chi connectivity index (χ0v) is 18.2. The van der Waals surface area contributed by atoms with Gasteiger partial charge in [0, 0.05) is 13.0 Å². The summed E-state index contributed by atoms with van der Waals surface area (Å²) in [4.78, 5) is 6.27. The Kier molecular flexibility index (Phi) is 8.00. The van der Waals surface area contributed by atoms with Crippen molar-refractivity contribution in [1.29, 1.82) is 0 Å². The molecule has 0 aromatic carbocycles. The summed E-state index contributed by atoms with van der Waals surface area (Å²) in [5.74, 6) is 1.60. The maximum Gasteiger partial charge on any atom is 0.186 e. The molecular formula is C21H30ClN3O3. The third-order valence-electron chi connectivity index (χ3n) is 3.80. The SMILES string of the molecule is C=C/C(N=C(N)C1=C(OC)CCN(C(=C)OC(C)(C)C)C1=C)=C(/OC)C(=C)Cl. The standard InChI is InChI=1S/C21H30ClN3O3/c1-10-16(19(27-9)13(2)22)24-20(23)18-14(3)25(12-11-17(18)26-8)15(4)28-21(5,6)7/h10H,1-4,11-12H2,5-9H3,(H2,23,24)/b19-16-. The summed E-state index contributed by atoms with van der Waals surface area (Å²) in [5, 5.41) is 0.186. The zero-order chi connectivity index (χ0) is 21.6. The Hall–Kier alpha value is -2.60. The van der Waals surface area contributed by atoms with Crippen LogP contribution in [0.4, 0.5) is 0 Å². The highest BCUT2D eigenvalue weighted by Gasteiger charge is 2.29. The van der Waals surface area contributed by atoms with Crippen molar-refractivity contribution in [3.63, 3.8) is 0 Å². The first-order chi connectivity index (χ1) is 13.0. The normalized spacial score (nSPS) is 16.4. The van der Waals surface area contributed by atoms with E-state index in [4.69, 9.17) is 31.5 Å². The molecule has 0 saturated heterocycles. The summed E-state index contributed by atoms with van der Waals surface area (Å²) in [6.07, 6.45) is 2.07. The largest absolute Gasteiger partial charge is 0.500 e. The topological polar surface area (TPSA) is 69.3 Å². The van der Waals surface area contributed by atoms with Crippen LogP contribution in [-0.4, -0.2) is 37.1 Å². The van der Waals surface area contributed by atoms with Crippen molar-refractivity contribution < 1.29 is 14.2 Å². The Labute approximate surface area is 173 Å². The van der Waals surface area contributed by atoms with Crippen molar-refractivity contribution in [3.05, 3.63) is 71.8 Å². The van der Waals surface area contributed by atoms with Crippen molar-refractivity contribution in [3.8, 4) is 0 Å². The molecule has 28 heavy (non-hydrogen) atoms. The lowest BCUT2D eigenvalue weighted by molar-refractivity contribution is 0.0106. The molecule has 0 atom stereocenters. The second-order valence-electron chi connectivity index (χ2n) is 6.98. The molecule has 0 spiro atoms. The van der Waals surface area contributed by atoms with E-state index in [0.717, 1.165) is 0 Å². The molecule has 2 N–H and O–H groups in total. The van der Waals surface area contributed by atoms with Gasteiger partial charge in [-0.05, 0) is 33.4 Å². The maximum absolute atomic E-state index is 6.31. The highest BCUT2D eigenvalue weighted by molar-refractivity contribution is 6.31. The van der Waals surface area contributed by atoms with Gasteiger partial charge in [0.15, 0.2) is 11.6 Å².